The number of hydrogen-bond acceptors (Lipinski definition) is 2. The Labute approximate surface area is 68.2 Å². The molecule has 1 aliphatic carbocycles. The summed E-state index contributed by atoms with van der Waals surface area (Å²) in [7, 11) is 0. The highest BCUT2D eigenvalue weighted by atomic mass is 16.3. The summed E-state index contributed by atoms with van der Waals surface area (Å²) in [4.78, 5) is 2.47. The number of nitrogens with zero attached hydrogens (tertiary/aromatic N) is 1. The molecule has 1 aliphatic heterocycles. The second-order valence-electron chi connectivity index (χ2n) is 4.24. The lowest BCUT2D eigenvalue weighted by molar-refractivity contribution is 0.0992. The first-order valence-electron chi connectivity index (χ1n) is 4.58. The molecule has 2 atom stereocenters. The summed E-state index contributed by atoms with van der Waals surface area (Å²) in [6, 6.07) is 0.606. The summed E-state index contributed by atoms with van der Waals surface area (Å²) in [6.07, 6.45) is 2.54. The maximum atomic E-state index is 9.24. The quantitative estimate of drug-likeness (QED) is 0.639. The minimum atomic E-state index is 0.230. The molecule has 1 saturated heterocycles. The normalized spacial score (nSPS) is 43.1. The number of aliphatic hydroxyl groups is 1. The summed E-state index contributed by atoms with van der Waals surface area (Å²) in [5.41, 5.74) is 0.230. The molecule has 64 valence electrons. The van der Waals surface area contributed by atoms with Crippen LogP contribution in [-0.2, 0) is 0 Å². The van der Waals surface area contributed by atoms with E-state index in [2.05, 4.69) is 18.7 Å². The second-order valence-corrected chi connectivity index (χ2v) is 4.24. The second kappa shape index (κ2) is 2.20. The van der Waals surface area contributed by atoms with Crippen molar-refractivity contribution in [3.05, 3.63) is 0 Å². The lowest BCUT2D eigenvalue weighted by Crippen LogP contribution is -2.42. The fourth-order valence-electron chi connectivity index (χ4n) is 2.66. The van der Waals surface area contributed by atoms with Gasteiger partial charge >= 0.3 is 0 Å². The van der Waals surface area contributed by atoms with E-state index in [0.717, 1.165) is 5.92 Å². The molecule has 1 heterocycles. The van der Waals surface area contributed by atoms with E-state index in [1.807, 2.05) is 0 Å². The first-order valence-corrected chi connectivity index (χ1v) is 4.58. The largest absolute Gasteiger partial charge is 0.394 e. The highest BCUT2D eigenvalue weighted by Gasteiger charge is 2.61. The molecule has 0 aromatic carbocycles. The van der Waals surface area contributed by atoms with Crippen molar-refractivity contribution in [3.63, 3.8) is 0 Å². The summed E-state index contributed by atoms with van der Waals surface area (Å²) in [5, 5.41) is 9.24. The predicted molar refractivity (Wildman–Crippen MR) is 44.4 cm³/mol. The van der Waals surface area contributed by atoms with Gasteiger partial charge in [-0.2, -0.15) is 0 Å². The van der Waals surface area contributed by atoms with Crippen molar-refractivity contribution in [3.8, 4) is 0 Å². The molecule has 0 amide bonds. The Morgan fingerprint density at radius 2 is 2.36 bits per heavy atom. The third-order valence-corrected chi connectivity index (χ3v) is 3.39. The summed E-state index contributed by atoms with van der Waals surface area (Å²) >= 11 is 0. The molecule has 2 heteroatoms. The summed E-state index contributed by atoms with van der Waals surface area (Å²) < 4.78 is 0. The molecule has 0 spiro atoms. The van der Waals surface area contributed by atoms with Crippen molar-refractivity contribution in [2.45, 2.75) is 38.3 Å². The van der Waals surface area contributed by atoms with Crippen LogP contribution in [0.4, 0.5) is 0 Å². The van der Waals surface area contributed by atoms with Gasteiger partial charge < -0.3 is 5.11 Å². The van der Waals surface area contributed by atoms with Crippen LogP contribution in [0.3, 0.4) is 0 Å². The van der Waals surface area contributed by atoms with Gasteiger partial charge in [0.15, 0.2) is 0 Å². The van der Waals surface area contributed by atoms with E-state index >= 15 is 0 Å². The Morgan fingerprint density at radius 1 is 1.64 bits per heavy atom. The van der Waals surface area contributed by atoms with E-state index in [4.69, 9.17) is 0 Å². The molecule has 0 aromatic heterocycles. The maximum absolute atomic E-state index is 9.24. The fraction of sp³-hybridized carbons (Fsp3) is 1.00. The Morgan fingerprint density at radius 3 is 2.73 bits per heavy atom. The van der Waals surface area contributed by atoms with Crippen molar-refractivity contribution in [2.75, 3.05) is 13.2 Å². The first-order chi connectivity index (χ1) is 5.20. The zero-order chi connectivity index (χ0) is 8.06. The highest BCUT2D eigenvalue weighted by Crippen LogP contribution is 2.55. The molecule has 11 heavy (non-hydrogen) atoms. The zero-order valence-electron chi connectivity index (χ0n) is 7.38. The van der Waals surface area contributed by atoms with Gasteiger partial charge in [-0.1, -0.05) is 0 Å². The van der Waals surface area contributed by atoms with Crippen molar-refractivity contribution in [1.29, 1.82) is 0 Å². The van der Waals surface area contributed by atoms with Gasteiger partial charge in [0.05, 0.1) is 6.61 Å². The van der Waals surface area contributed by atoms with Crippen molar-refractivity contribution in [2.24, 2.45) is 5.92 Å². The van der Waals surface area contributed by atoms with Crippen LogP contribution in [0.1, 0.15) is 26.7 Å². The smallest absolute Gasteiger partial charge is 0.0618 e. The lowest BCUT2D eigenvalue weighted by Gasteiger charge is -2.30. The molecule has 2 fully saturated rings. The number of aliphatic hydroxyl groups excluding tert-OH is 1. The molecule has 2 nitrogen and oxygen atoms in total. The van der Waals surface area contributed by atoms with Gasteiger partial charge in [0, 0.05) is 11.6 Å². The molecule has 0 bridgehead atoms. The first kappa shape index (κ1) is 7.56. The summed E-state index contributed by atoms with van der Waals surface area (Å²) in [6.45, 7) is 6.01. The summed E-state index contributed by atoms with van der Waals surface area (Å²) in [5.74, 6) is 0.815. The van der Waals surface area contributed by atoms with E-state index < -0.39 is 0 Å². The van der Waals surface area contributed by atoms with Gasteiger partial charge in [-0.25, -0.2) is 0 Å². The molecule has 0 aromatic rings. The van der Waals surface area contributed by atoms with Gasteiger partial charge in [-0.05, 0) is 39.2 Å². The number of hydrogen-bond donors (Lipinski definition) is 1. The highest BCUT2D eigenvalue weighted by molar-refractivity contribution is 5.16. The maximum Gasteiger partial charge on any atom is 0.0618 e. The molecular formula is C9H17NO. The molecular weight excluding hydrogens is 138 g/mol. The molecule has 2 rings (SSSR count). The number of piperidine rings is 1. The number of fused-ring (bicyclic) bond motifs is 1. The van der Waals surface area contributed by atoms with Gasteiger partial charge in [-0.3, -0.25) is 4.90 Å². The van der Waals surface area contributed by atoms with Crippen LogP contribution in [0.15, 0.2) is 0 Å². The van der Waals surface area contributed by atoms with Gasteiger partial charge in [-0.15, -0.1) is 0 Å². The Bertz CT molecular complexity index is 165. The number of rotatable bonds is 2. The van der Waals surface area contributed by atoms with Crippen LogP contribution in [0.5, 0.6) is 0 Å². The minimum Gasteiger partial charge on any atom is -0.394 e. The Balaban J connectivity index is 2.11. The lowest BCUT2D eigenvalue weighted by atomic mass is 10.2. The molecule has 0 unspecified atom stereocenters. The fourth-order valence-corrected chi connectivity index (χ4v) is 2.66. The Kier molecular flexibility index (Phi) is 1.52. The van der Waals surface area contributed by atoms with E-state index in [0.29, 0.717) is 12.6 Å². The van der Waals surface area contributed by atoms with Crippen LogP contribution in [0, 0.1) is 5.92 Å². The van der Waals surface area contributed by atoms with Crippen LogP contribution in [0.25, 0.3) is 0 Å². The predicted octanol–water partition coefficient (Wildman–Crippen LogP) is 0.852. The SMILES string of the molecule is CC(C)N1CC[C@H]2C[C@]21CO. The topological polar surface area (TPSA) is 23.5 Å². The van der Waals surface area contributed by atoms with Gasteiger partial charge in [0.25, 0.3) is 0 Å². The molecule has 0 radical (unpaired) electrons. The van der Waals surface area contributed by atoms with E-state index in [-0.39, 0.29) is 5.54 Å². The van der Waals surface area contributed by atoms with E-state index in [9.17, 15) is 5.11 Å². The molecule has 1 N–H and O–H groups in total. The standard InChI is InChI=1S/C9H17NO/c1-7(2)10-4-3-8-5-9(8,10)6-11/h7-8,11H,3-6H2,1-2H3/t8-,9-/m0/s1. The van der Waals surface area contributed by atoms with Crippen molar-refractivity contribution in [1.82, 2.24) is 4.90 Å². The van der Waals surface area contributed by atoms with Crippen LogP contribution in [0.2, 0.25) is 0 Å². The minimum absolute atomic E-state index is 0.230. The van der Waals surface area contributed by atoms with Crippen molar-refractivity contribution >= 4 is 0 Å². The third kappa shape index (κ3) is 0.859. The van der Waals surface area contributed by atoms with Gasteiger partial charge in [0.2, 0.25) is 0 Å². The van der Waals surface area contributed by atoms with Gasteiger partial charge in [0.1, 0.15) is 0 Å². The van der Waals surface area contributed by atoms with Crippen LogP contribution in [-0.4, -0.2) is 34.7 Å². The average molecular weight is 155 g/mol. The van der Waals surface area contributed by atoms with E-state index in [1.165, 1.54) is 19.4 Å². The van der Waals surface area contributed by atoms with Crippen molar-refractivity contribution < 1.29 is 5.11 Å². The van der Waals surface area contributed by atoms with E-state index in [1.54, 1.807) is 0 Å². The molecule has 2 aliphatic rings. The Hall–Kier alpha value is -0.0800. The molecule has 1 saturated carbocycles. The number of likely N-dealkylation sites (tertiary alicyclic amines) is 1. The zero-order valence-corrected chi connectivity index (χ0v) is 7.38. The monoisotopic (exact) mass is 155 g/mol. The average Bonchev–Trinajstić information content (AvgIpc) is 2.58. The third-order valence-electron chi connectivity index (χ3n) is 3.39. The van der Waals surface area contributed by atoms with Crippen LogP contribution >= 0.6 is 0 Å². The van der Waals surface area contributed by atoms with Crippen LogP contribution < -0.4 is 0 Å².